The van der Waals surface area contributed by atoms with Gasteiger partial charge in [0, 0.05) is 23.5 Å². The smallest absolute Gasteiger partial charge is 0.123 e. The van der Waals surface area contributed by atoms with Crippen LogP contribution in [0.4, 0.5) is 4.39 Å². The lowest BCUT2D eigenvalue weighted by atomic mass is 9.71. The summed E-state index contributed by atoms with van der Waals surface area (Å²) in [6.07, 6.45) is 0.836. The Bertz CT molecular complexity index is 635. The van der Waals surface area contributed by atoms with E-state index in [9.17, 15) is 4.39 Å². The Morgan fingerprint density at radius 2 is 2.00 bits per heavy atom. The minimum absolute atomic E-state index is 0.0407. The van der Waals surface area contributed by atoms with Crippen molar-refractivity contribution in [1.29, 1.82) is 0 Å². The Morgan fingerprint density at radius 1 is 1.20 bits per heavy atom. The minimum atomic E-state index is -0.177. The molecule has 0 atom stereocenters. The van der Waals surface area contributed by atoms with Crippen molar-refractivity contribution in [1.82, 2.24) is 5.32 Å². The highest BCUT2D eigenvalue weighted by Crippen LogP contribution is 2.35. The molecule has 2 aromatic carbocycles. The zero-order chi connectivity index (χ0) is 14.2. The molecule has 3 rings (SSSR count). The molecule has 0 saturated carbocycles. The summed E-state index contributed by atoms with van der Waals surface area (Å²) >= 11 is 6.34. The average Bonchev–Trinajstić information content (AvgIpc) is 2.36. The summed E-state index contributed by atoms with van der Waals surface area (Å²) in [5.41, 5.74) is 3.29. The van der Waals surface area contributed by atoms with Gasteiger partial charge >= 0.3 is 0 Å². The van der Waals surface area contributed by atoms with E-state index in [4.69, 9.17) is 11.6 Å². The van der Waals surface area contributed by atoms with E-state index in [2.05, 4.69) is 17.4 Å². The van der Waals surface area contributed by atoms with Crippen molar-refractivity contribution in [2.75, 3.05) is 13.1 Å². The Kier molecular flexibility index (Phi) is 3.53. The van der Waals surface area contributed by atoms with Crippen molar-refractivity contribution >= 4 is 11.6 Å². The van der Waals surface area contributed by atoms with E-state index < -0.39 is 0 Å². The number of nitrogens with one attached hydrogen (secondary N) is 1. The predicted octanol–water partition coefficient (Wildman–Crippen LogP) is 3.87. The van der Waals surface area contributed by atoms with Gasteiger partial charge in [-0.15, -0.1) is 0 Å². The van der Waals surface area contributed by atoms with Crippen molar-refractivity contribution in [3.63, 3.8) is 0 Å². The molecule has 20 heavy (non-hydrogen) atoms. The Balaban J connectivity index is 1.94. The van der Waals surface area contributed by atoms with Crippen LogP contribution in [0.2, 0.25) is 5.02 Å². The first kappa shape index (κ1) is 13.6. The molecule has 1 nitrogen and oxygen atoms in total. The highest BCUT2D eigenvalue weighted by Gasteiger charge is 2.39. The van der Waals surface area contributed by atoms with Crippen LogP contribution in [-0.4, -0.2) is 13.1 Å². The first-order chi connectivity index (χ1) is 9.59. The Morgan fingerprint density at radius 3 is 2.60 bits per heavy atom. The molecule has 0 aliphatic carbocycles. The van der Waals surface area contributed by atoms with Crippen LogP contribution >= 0.6 is 11.6 Å². The number of hydrogen-bond donors (Lipinski definition) is 1. The van der Waals surface area contributed by atoms with Gasteiger partial charge in [-0.1, -0.05) is 35.9 Å². The molecule has 2 aromatic rings. The zero-order valence-corrected chi connectivity index (χ0v) is 12.2. The van der Waals surface area contributed by atoms with E-state index >= 15 is 0 Å². The molecule has 1 aliphatic rings. The van der Waals surface area contributed by atoms with Gasteiger partial charge in [0.15, 0.2) is 0 Å². The van der Waals surface area contributed by atoms with E-state index in [1.807, 2.05) is 19.1 Å². The molecule has 0 unspecified atom stereocenters. The third-order valence-corrected chi connectivity index (χ3v) is 4.45. The summed E-state index contributed by atoms with van der Waals surface area (Å²) in [6, 6.07) is 13.1. The second kappa shape index (κ2) is 5.19. The number of halogens is 2. The van der Waals surface area contributed by atoms with E-state index in [1.165, 1.54) is 6.07 Å². The number of rotatable bonds is 3. The average molecular weight is 290 g/mol. The van der Waals surface area contributed by atoms with Crippen LogP contribution in [0, 0.1) is 12.7 Å². The molecule has 1 N–H and O–H groups in total. The maximum atomic E-state index is 13.5. The highest BCUT2D eigenvalue weighted by atomic mass is 35.5. The van der Waals surface area contributed by atoms with Gasteiger partial charge in [0.1, 0.15) is 5.82 Å². The number of hydrogen-bond acceptors (Lipinski definition) is 1. The van der Waals surface area contributed by atoms with Crippen LogP contribution in [0.15, 0.2) is 42.5 Å². The lowest BCUT2D eigenvalue weighted by molar-refractivity contribution is 0.274. The molecule has 0 bridgehead atoms. The van der Waals surface area contributed by atoms with Gasteiger partial charge in [-0.3, -0.25) is 0 Å². The lowest BCUT2D eigenvalue weighted by Crippen LogP contribution is -2.58. The van der Waals surface area contributed by atoms with Crippen LogP contribution < -0.4 is 5.32 Å². The van der Waals surface area contributed by atoms with Crippen molar-refractivity contribution in [2.24, 2.45) is 0 Å². The number of benzene rings is 2. The Labute approximate surface area is 123 Å². The fourth-order valence-electron chi connectivity index (χ4n) is 2.84. The minimum Gasteiger partial charge on any atom is -0.315 e. The first-order valence-electron chi connectivity index (χ1n) is 6.81. The molecule has 0 amide bonds. The summed E-state index contributed by atoms with van der Waals surface area (Å²) in [6.45, 7) is 3.75. The largest absolute Gasteiger partial charge is 0.315 e. The standard InChI is InChI=1S/C17H17ClFN/c1-12-5-6-13(16(18)7-12)9-17(10-20-11-17)14-3-2-4-15(19)8-14/h2-8,20H,9-11H2,1H3. The van der Waals surface area contributed by atoms with Gasteiger partial charge in [0.05, 0.1) is 0 Å². The summed E-state index contributed by atoms with van der Waals surface area (Å²) < 4.78 is 13.5. The summed E-state index contributed by atoms with van der Waals surface area (Å²) in [5, 5.41) is 4.10. The van der Waals surface area contributed by atoms with Crippen LogP contribution in [0.5, 0.6) is 0 Å². The molecular formula is C17H17ClFN. The fraction of sp³-hybridized carbons (Fsp3) is 0.294. The second-order valence-electron chi connectivity index (χ2n) is 5.67. The molecular weight excluding hydrogens is 273 g/mol. The van der Waals surface area contributed by atoms with Crippen LogP contribution in [0.25, 0.3) is 0 Å². The maximum absolute atomic E-state index is 13.5. The molecule has 1 aliphatic heterocycles. The highest BCUT2D eigenvalue weighted by molar-refractivity contribution is 6.31. The molecule has 0 radical (unpaired) electrons. The maximum Gasteiger partial charge on any atom is 0.123 e. The molecule has 1 fully saturated rings. The predicted molar refractivity (Wildman–Crippen MR) is 80.8 cm³/mol. The lowest BCUT2D eigenvalue weighted by Gasteiger charge is -2.43. The second-order valence-corrected chi connectivity index (χ2v) is 6.07. The van der Waals surface area contributed by atoms with Crippen molar-refractivity contribution in [3.05, 3.63) is 70.0 Å². The molecule has 0 spiro atoms. The molecule has 0 aromatic heterocycles. The van der Waals surface area contributed by atoms with E-state index in [0.717, 1.165) is 41.2 Å². The van der Waals surface area contributed by atoms with Crippen molar-refractivity contribution in [2.45, 2.75) is 18.8 Å². The van der Waals surface area contributed by atoms with E-state index in [-0.39, 0.29) is 11.2 Å². The van der Waals surface area contributed by atoms with Gasteiger partial charge in [-0.25, -0.2) is 4.39 Å². The van der Waals surface area contributed by atoms with Crippen LogP contribution in [0.3, 0.4) is 0 Å². The topological polar surface area (TPSA) is 12.0 Å². The van der Waals surface area contributed by atoms with Gasteiger partial charge in [0.25, 0.3) is 0 Å². The van der Waals surface area contributed by atoms with Gasteiger partial charge in [-0.2, -0.15) is 0 Å². The Hall–Kier alpha value is -1.38. The van der Waals surface area contributed by atoms with E-state index in [0.29, 0.717) is 0 Å². The third kappa shape index (κ3) is 2.46. The SMILES string of the molecule is Cc1ccc(CC2(c3cccc(F)c3)CNC2)c(Cl)c1. The van der Waals surface area contributed by atoms with E-state index in [1.54, 1.807) is 12.1 Å². The van der Waals surface area contributed by atoms with Gasteiger partial charge in [-0.05, 0) is 48.2 Å². The zero-order valence-electron chi connectivity index (χ0n) is 11.4. The first-order valence-corrected chi connectivity index (χ1v) is 7.19. The molecule has 1 heterocycles. The quantitative estimate of drug-likeness (QED) is 0.904. The summed E-state index contributed by atoms with van der Waals surface area (Å²) in [5.74, 6) is -0.177. The third-order valence-electron chi connectivity index (χ3n) is 4.10. The fourth-order valence-corrected chi connectivity index (χ4v) is 3.14. The summed E-state index contributed by atoms with van der Waals surface area (Å²) in [4.78, 5) is 0. The monoisotopic (exact) mass is 289 g/mol. The summed E-state index contributed by atoms with van der Waals surface area (Å²) in [7, 11) is 0. The van der Waals surface area contributed by atoms with Crippen LogP contribution in [-0.2, 0) is 11.8 Å². The number of aryl methyl sites for hydroxylation is 1. The molecule has 1 saturated heterocycles. The van der Waals surface area contributed by atoms with Crippen molar-refractivity contribution in [3.8, 4) is 0 Å². The van der Waals surface area contributed by atoms with Crippen molar-refractivity contribution < 1.29 is 4.39 Å². The molecule has 104 valence electrons. The molecule has 3 heteroatoms. The normalized spacial score (nSPS) is 16.8. The van der Waals surface area contributed by atoms with Gasteiger partial charge in [0.2, 0.25) is 0 Å². The van der Waals surface area contributed by atoms with Gasteiger partial charge < -0.3 is 5.32 Å². The van der Waals surface area contributed by atoms with Crippen LogP contribution in [0.1, 0.15) is 16.7 Å².